The molecular weight excluding hydrogens is 406 g/mol. The van der Waals surface area contributed by atoms with Crippen LogP contribution in [-0.4, -0.2) is 33.4 Å². The highest BCUT2D eigenvalue weighted by Crippen LogP contribution is 2.30. The molecule has 4 aromatic rings. The second kappa shape index (κ2) is 8.14. The van der Waals surface area contributed by atoms with Gasteiger partial charge in [-0.15, -0.1) is 22.7 Å². The van der Waals surface area contributed by atoms with E-state index >= 15 is 0 Å². The highest BCUT2D eigenvalue weighted by molar-refractivity contribution is 7.14. The standard InChI is InChI=1S/C20H19N5O2S2/c1-3-25-15-7-5-4-6-12(15)8-16(25)19-23-14(11-28-19)18(27)24-20-22-13(10-29-20)9-17(26)21-2/h4-8,10-11H,3,9H2,1-2H3,(H,21,26)(H,22,24,27). The summed E-state index contributed by atoms with van der Waals surface area (Å²) < 4.78 is 2.20. The van der Waals surface area contributed by atoms with Gasteiger partial charge in [0.05, 0.1) is 17.8 Å². The van der Waals surface area contributed by atoms with E-state index in [1.165, 1.54) is 22.7 Å². The molecule has 3 heterocycles. The van der Waals surface area contributed by atoms with Gasteiger partial charge in [0.25, 0.3) is 5.91 Å². The fourth-order valence-corrected chi connectivity index (χ4v) is 4.61. The number of amides is 2. The number of hydrogen-bond acceptors (Lipinski definition) is 6. The van der Waals surface area contributed by atoms with Crippen molar-refractivity contribution >= 4 is 50.5 Å². The molecule has 9 heteroatoms. The highest BCUT2D eigenvalue weighted by Gasteiger charge is 2.17. The number of hydrogen-bond donors (Lipinski definition) is 2. The summed E-state index contributed by atoms with van der Waals surface area (Å²) in [6.45, 7) is 2.91. The number of anilines is 1. The number of aromatic nitrogens is 3. The number of rotatable bonds is 6. The summed E-state index contributed by atoms with van der Waals surface area (Å²) in [7, 11) is 1.58. The average molecular weight is 426 g/mol. The molecule has 0 atom stereocenters. The molecule has 1 aromatic carbocycles. The fourth-order valence-electron chi connectivity index (χ4n) is 3.08. The molecule has 0 saturated carbocycles. The Morgan fingerprint density at radius 3 is 2.76 bits per heavy atom. The minimum atomic E-state index is -0.312. The largest absolute Gasteiger partial charge is 0.359 e. The molecule has 0 spiro atoms. The van der Waals surface area contributed by atoms with E-state index in [0.29, 0.717) is 16.5 Å². The summed E-state index contributed by atoms with van der Waals surface area (Å²) in [6.07, 6.45) is 0.186. The lowest BCUT2D eigenvalue weighted by molar-refractivity contribution is -0.120. The van der Waals surface area contributed by atoms with Crippen molar-refractivity contribution in [2.45, 2.75) is 19.9 Å². The molecule has 2 N–H and O–H groups in total. The van der Waals surface area contributed by atoms with Crippen LogP contribution >= 0.6 is 22.7 Å². The van der Waals surface area contributed by atoms with E-state index in [1.54, 1.807) is 17.8 Å². The Morgan fingerprint density at radius 2 is 1.97 bits per heavy atom. The van der Waals surface area contributed by atoms with Crippen molar-refractivity contribution in [2.75, 3.05) is 12.4 Å². The number of carbonyl (C=O) groups excluding carboxylic acids is 2. The predicted molar refractivity (Wildman–Crippen MR) is 117 cm³/mol. The molecule has 0 unspecified atom stereocenters. The van der Waals surface area contributed by atoms with Crippen LogP contribution in [0.3, 0.4) is 0 Å². The summed E-state index contributed by atoms with van der Waals surface area (Å²) in [6, 6.07) is 10.3. The van der Waals surface area contributed by atoms with Gasteiger partial charge in [-0.25, -0.2) is 9.97 Å². The summed E-state index contributed by atoms with van der Waals surface area (Å²) in [5.41, 5.74) is 3.12. The van der Waals surface area contributed by atoms with Gasteiger partial charge in [-0.05, 0) is 19.1 Å². The minimum Gasteiger partial charge on any atom is -0.359 e. The SMILES string of the molecule is CCn1c(-c2nc(C(=O)Nc3nc(CC(=O)NC)cs3)cs2)cc2ccccc21. The van der Waals surface area contributed by atoms with Gasteiger partial charge in [0.15, 0.2) is 5.13 Å². The Morgan fingerprint density at radius 1 is 1.14 bits per heavy atom. The lowest BCUT2D eigenvalue weighted by Gasteiger charge is -2.05. The topological polar surface area (TPSA) is 88.9 Å². The van der Waals surface area contributed by atoms with E-state index in [2.05, 4.69) is 50.3 Å². The zero-order valence-corrected chi connectivity index (χ0v) is 17.6. The molecule has 4 rings (SSSR count). The number of benzene rings is 1. The molecule has 0 aliphatic heterocycles. The van der Waals surface area contributed by atoms with Crippen LogP contribution in [-0.2, 0) is 17.8 Å². The van der Waals surface area contributed by atoms with E-state index < -0.39 is 0 Å². The number of aryl methyl sites for hydroxylation is 1. The molecule has 0 radical (unpaired) electrons. The molecule has 0 aliphatic rings. The first kappa shape index (κ1) is 19.3. The van der Waals surface area contributed by atoms with Crippen LogP contribution in [0.15, 0.2) is 41.1 Å². The Balaban J connectivity index is 1.54. The average Bonchev–Trinajstić information content (AvgIpc) is 3.45. The van der Waals surface area contributed by atoms with Crippen molar-refractivity contribution in [2.24, 2.45) is 0 Å². The van der Waals surface area contributed by atoms with E-state index in [-0.39, 0.29) is 18.2 Å². The first-order chi connectivity index (χ1) is 14.1. The second-order valence-corrected chi connectivity index (χ2v) is 8.03. The maximum absolute atomic E-state index is 12.6. The van der Waals surface area contributed by atoms with Crippen LogP contribution in [0.5, 0.6) is 0 Å². The molecule has 2 amide bonds. The van der Waals surface area contributed by atoms with Gasteiger partial charge in [-0.1, -0.05) is 18.2 Å². The number of para-hydroxylation sites is 1. The van der Waals surface area contributed by atoms with Crippen LogP contribution in [0.4, 0.5) is 5.13 Å². The third kappa shape index (κ3) is 3.92. The monoisotopic (exact) mass is 425 g/mol. The molecule has 0 aliphatic carbocycles. The third-order valence-electron chi connectivity index (χ3n) is 4.48. The molecule has 3 aromatic heterocycles. The zero-order chi connectivity index (χ0) is 20.4. The molecule has 0 saturated heterocycles. The molecule has 7 nitrogen and oxygen atoms in total. The van der Waals surface area contributed by atoms with Crippen molar-refractivity contribution in [1.82, 2.24) is 19.9 Å². The third-order valence-corrected chi connectivity index (χ3v) is 6.15. The van der Waals surface area contributed by atoms with Gasteiger partial charge in [0, 0.05) is 35.3 Å². The number of nitrogens with zero attached hydrogens (tertiary/aromatic N) is 3. The Hall–Kier alpha value is -3.04. The Bertz CT molecular complexity index is 1190. The van der Waals surface area contributed by atoms with Gasteiger partial charge in [0.2, 0.25) is 5.91 Å². The van der Waals surface area contributed by atoms with E-state index in [1.807, 2.05) is 12.1 Å². The number of nitrogens with one attached hydrogen (secondary N) is 2. The van der Waals surface area contributed by atoms with Crippen LogP contribution in [0.2, 0.25) is 0 Å². The Kier molecular flexibility index (Phi) is 5.41. The van der Waals surface area contributed by atoms with Crippen LogP contribution in [0.1, 0.15) is 23.1 Å². The van der Waals surface area contributed by atoms with Gasteiger partial charge in [0.1, 0.15) is 10.7 Å². The maximum atomic E-state index is 12.6. The van der Waals surface area contributed by atoms with E-state index in [4.69, 9.17) is 0 Å². The zero-order valence-electron chi connectivity index (χ0n) is 15.9. The molecule has 0 fully saturated rings. The van der Waals surface area contributed by atoms with E-state index in [9.17, 15) is 9.59 Å². The second-order valence-electron chi connectivity index (χ2n) is 6.32. The Labute approximate surface area is 175 Å². The van der Waals surface area contributed by atoms with Gasteiger partial charge < -0.3 is 9.88 Å². The maximum Gasteiger partial charge on any atom is 0.276 e. The minimum absolute atomic E-state index is 0.122. The molecule has 148 valence electrons. The highest BCUT2D eigenvalue weighted by atomic mass is 32.1. The van der Waals surface area contributed by atoms with Gasteiger partial charge >= 0.3 is 0 Å². The summed E-state index contributed by atoms with van der Waals surface area (Å²) in [4.78, 5) is 32.9. The normalized spacial score (nSPS) is 11.0. The van der Waals surface area contributed by atoms with Crippen LogP contribution < -0.4 is 10.6 Å². The van der Waals surface area contributed by atoms with Crippen molar-refractivity contribution in [1.29, 1.82) is 0 Å². The molecule has 0 bridgehead atoms. The smallest absolute Gasteiger partial charge is 0.276 e. The van der Waals surface area contributed by atoms with Crippen LogP contribution in [0, 0.1) is 0 Å². The van der Waals surface area contributed by atoms with E-state index in [0.717, 1.165) is 28.1 Å². The number of likely N-dealkylation sites (N-methyl/N-ethyl adjacent to an activating group) is 1. The number of fused-ring (bicyclic) bond motifs is 1. The van der Waals surface area contributed by atoms with Crippen LogP contribution in [0.25, 0.3) is 21.6 Å². The fraction of sp³-hybridized carbons (Fsp3) is 0.200. The van der Waals surface area contributed by atoms with Crippen molar-refractivity contribution < 1.29 is 9.59 Å². The summed E-state index contributed by atoms with van der Waals surface area (Å²) in [5, 5.41) is 11.2. The van der Waals surface area contributed by atoms with Crippen molar-refractivity contribution in [3.63, 3.8) is 0 Å². The first-order valence-corrected chi connectivity index (χ1v) is 10.9. The molecule has 29 heavy (non-hydrogen) atoms. The summed E-state index contributed by atoms with van der Waals surface area (Å²) >= 11 is 2.73. The molecular formula is C20H19N5O2S2. The number of thiazole rings is 2. The van der Waals surface area contributed by atoms with Gasteiger partial charge in [-0.2, -0.15) is 0 Å². The quantitative estimate of drug-likeness (QED) is 0.492. The first-order valence-electron chi connectivity index (χ1n) is 9.09. The predicted octanol–water partition coefficient (Wildman–Crippen LogP) is 3.78. The summed E-state index contributed by atoms with van der Waals surface area (Å²) in [5.74, 6) is -0.434. The van der Waals surface area contributed by atoms with Crippen molar-refractivity contribution in [3.8, 4) is 10.7 Å². The van der Waals surface area contributed by atoms with Crippen molar-refractivity contribution in [3.05, 3.63) is 52.5 Å². The van der Waals surface area contributed by atoms with Gasteiger partial charge in [-0.3, -0.25) is 14.9 Å². The lowest BCUT2D eigenvalue weighted by atomic mass is 10.2. The lowest BCUT2D eigenvalue weighted by Crippen LogP contribution is -2.20. The number of carbonyl (C=O) groups is 2.